The SMILES string of the molecule is CCC/C=C/CCOc1ccccc1F. The first kappa shape index (κ1) is 11.8. The first-order chi connectivity index (χ1) is 7.34. The maximum absolute atomic E-state index is 13.1. The van der Waals surface area contributed by atoms with Crippen molar-refractivity contribution in [3.05, 3.63) is 42.2 Å². The lowest BCUT2D eigenvalue weighted by Crippen LogP contribution is -1.97. The Morgan fingerprint density at radius 2 is 1.93 bits per heavy atom. The minimum Gasteiger partial charge on any atom is -0.490 e. The van der Waals surface area contributed by atoms with E-state index in [1.165, 1.54) is 6.07 Å². The highest BCUT2D eigenvalue weighted by atomic mass is 19.1. The topological polar surface area (TPSA) is 9.23 Å². The van der Waals surface area contributed by atoms with Crippen LogP contribution in [-0.2, 0) is 0 Å². The molecule has 0 spiro atoms. The summed E-state index contributed by atoms with van der Waals surface area (Å²) < 4.78 is 18.4. The van der Waals surface area contributed by atoms with E-state index in [9.17, 15) is 4.39 Å². The Morgan fingerprint density at radius 3 is 2.67 bits per heavy atom. The van der Waals surface area contributed by atoms with E-state index in [-0.39, 0.29) is 5.82 Å². The second-order valence-corrected chi connectivity index (χ2v) is 3.33. The van der Waals surface area contributed by atoms with E-state index in [0.717, 1.165) is 19.3 Å². The van der Waals surface area contributed by atoms with Crippen molar-refractivity contribution in [1.29, 1.82) is 0 Å². The highest BCUT2D eigenvalue weighted by Crippen LogP contribution is 2.15. The zero-order valence-corrected chi connectivity index (χ0v) is 9.08. The molecule has 0 aliphatic rings. The number of para-hydroxylation sites is 1. The molecule has 1 rings (SSSR count). The molecule has 1 aromatic carbocycles. The van der Waals surface area contributed by atoms with E-state index >= 15 is 0 Å². The van der Waals surface area contributed by atoms with Crippen molar-refractivity contribution < 1.29 is 9.13 Å². The van der Waals surface area contributed by atoms with E-state index in [2.05, 4.69) is 19.1 Å². The molecule has 0 bridgehead atoms. The summed E-state index contributed by atoms with van der Waals surface area (Å²) in [5.41, 5.74) is 0. The second-order valence-electron chi connectivity index (χ2n) is 3.33. The summed E-state index contributed by atoms with van der Waals surface area (Å²) in [7, 11) is 0. The molecule has 15 heavy (non-hydrogen) atoms. The van der Waals surface area contributed by atoms with Crippen LogP contribution in [-0.4, -0.2) is 6.61 Å². The maximum atomic E-state index is 13.1. The summed E-state index contributed by atoms with van der Waals surface area (Å²) in [4.78, 5) is 0. The molecule has 0 fully saturated rings. The Kier molecular flexibility index (Phi) is 5.52. The van der Waals surface area contributed by atoms with Crippen molar-refractivity contribution in [2.45, 2.75) is 26.2 Å². The molecule has 0 saturated heterocycles. The zero-order chi connectivity index (χ0) is 10.9. The van der Waals surface area contributed by atoms with E-state index in [0.29, 0.717) is 12.4 Å². The summed E-state index contributed by atoms with van der Waals surface area (Å²) in [6.45, 7) is 2.67. The number of halogens is 1. The largest absolute Gasteiger partial charge is 0.490 e. The number of allylic oxidation sites excluding steroid dienone is 1. The number of ether oxygens (including phenoxy) is 1. The lowest BCUT2D eigenvalue weighted by molar-refractivity contribution is 0.308. The van der Waals surface area contributed by atoms with Gasteiger partial charge in [-0.2, -0.15) is 0 Å². The molecule has 1 aromatic rings. The third-order valence-electron chi connectivity index (χ3n) is 2.00. The molecule has 0 aromatic heterocycles. The third kappa shape index (κ3) is 4.63. The van der Waals surface area contributed by atoms with Gasteiger partial charge >= 0.3 is 0 Å². The normalized spacial score (nSPS) is 10.8. The molecule has 1 nitrogen and oxygen atoms in total. The monoisotopic (exact) mass is 208 g/mol. The molecule has 2 heteroatoms. The van der Waals surface area contributed by atoms with Gasteiger partial charge in [-0.15, -0.1) is 0 Å². The number of unbranched alkanes of at least 4 members (excludes halogenated alkanes) is 1. The molecule has 0 saturated carbocycles. The molecule has 82 valence electrons. The summed E-state index contributed by atoms with van der Waals surface area (Å²) in [5.74, 6) is 0.0384. The molecule has 0 heterocycles. The lowest BCUT2D eigenvalue weighted by Gasteiger charge is -2.04. The minimum atomic E-state index is -0.296. The smallest absolute Gasteiger partial charge is 0.165 e. The summed E-state index contributed by atoms with van der Waals surface area (Å²) in [6, 6.07) is 6.47. The van der Waals surface area contributed by atoms with Crippen LogP contribution in [0, 0.1) is 5.82 Å². The number of hydrogen-bond acceptors (Lipinski definition) is 1. The van der Waals surface area contributed by atoms with Gasteiger partial charge in [-0.25, -0.2) is 4.39 Å². The molecule has 0 atom stereocenters. The van der Waals surface area contributed by atoms with Crippen LogP contribution in [0.25, 0.3) is 0 Å². The van der Waals surface area contributed by atoms with Crippen molar-refractivity contribution >= 4 is 0 Å². The van der Waals surface area contributed by atoms with E-state index in [4.69, 9.17) is 4.74 Å². The fourth-order valence-corrected chi connectivity index (χ4v) is 1.20. The average Bonchev–Trinajstić information content (AvgIpc) is 2.25. The van der Waals surface area contributed by atoms with Crippen LogP contribution in [0.4, 0.5) is 4.39 Å². The number of rotatable bonds is 6. The number of hydrogen-bond donors (Lipinski definition) is 0. The van der Waals surface area contributed by atoms with Crippen LogP contribution in [0.15, 0.2) is 36.4 Å². The van der Waals surface area contributed by atoms with E-state index in [1.807, 2.05) is 0 Å². The Bertz CT molecular complexity index is 307. The fraction of sp³-hybridized carbons (Fsp3) is 0.385. The zero-order valence-electron chi connectivity index (χ0n) is 9.08. The van der Waals surface area contributed by atoms with Gasteiger partial charge in [0.1, 0.15) is 0 Å². The first-order valence-corrected chi connectivity index (χ1v) is 5.37. The molecule has 0 N–H and O–H groups in total. The average molecular weight is 208 g/mol. The molecular formula is C13H17FO. The molecule has 0 radical (unpaired) electrons. The van der Waals surface area contributed by atoms with Crippen LogP contribution in [0.5, 0.6) is 5.75 Å². The van der Waals surface area contributed by atoms with E-state index < -0.39 is 0 Å². The van der Waals surface area contributed by atoms with Crippen molar-refractivity contribution in [1.82, 2.24) is 0 Å². The molecule has 0 aliphatic carbocycles. The quantitative estimate of drug-likeness (QED) is 0.508. The molecule has 0 aliphatic heterocycles. The second kappa shape index (κ2) is 7.04. The van der Waals surface area contributed by atoms with Crippen LogP contribution >= 0.6 is 0 Å². The maximum Gasteiger partial charge on any atom is 0.165 e. The Labute approximate surface area is 90.6 Å². The van der Waals surface area contributed by atoms with Crippen molar-refractivity contribution in [3.8, 4) is 5.75 Å². The predicted octanol–water partition coefficient (Wildman–Crippen LogP) is 3.95. The van der Waals surface area contributed by atoms with Crippen molar-refractivity contribution in [3.63, 3.8) is 0 Å². The van der Waals surface area contributed by atoms with Crippen LogP contribution in [0.3, 0.4) is 0 Å². The standard InChI is InChI=1S/C13H17FO/c1-2-3-4-5-8-11-15-13-10-7-6-9-12(13)14/h4-7,9-10H,2-3,8,11H2,1H3/b5-4+. The van der Waals surface area contributed by atoms with Gasteiger partial charge in [-0.3, -0.25) is 0 Å². The highest BCUT2D eigenvalue weighted by Gasteiger charge is 1.99. The highest BCUT2D eigenvalue weighted by molar-refractivity contribution is 5.23. The van der Waals surface area contributed by atoms with Gasteiger partial charge in [-0.1, -0.05) is 37.6 Å². The lowest BCUT2D eigenvalue weighted by atomic mass is 10.3. The third-order valence-corrected chi connectivity index (χ3v) is 2.00. The minimum absolute atomic E-state index is 0.296. The van der Waals surface area contributed by atoms with Gasteiger partial charge in [0.05, 0.1) is 6.61 Å². The summed E-state index contributed by atoms with van der Waals surface area (Å²) >= 11 is 0. The Hall–Kier alpha value is -1.31. The van der Waals surface area contributed by atoms with Crippen LogP contribution < -0.4 is 4.74 Å². The van der Waals surface area contributed by atoms with Gasteiger partial charge in [0.25, 0.3) is 0 Å². The summed E-state index contributed by atoms with van der Waals surface area (Å²) in [5, 5.41) is 0. The predicted molar refractivity (Wildman–Crippen MR) is 60.6 cm³/mol. The van der Waals surface area contributed by atoms with Gasteiger partial charge in [0.2, 0.25) is 0 Å². The first-order valence-electron chi connectivity index (χ1n) is 5.37. The van der Waals surface area contributed by atoms with Gasteiger partial charge in [0, 0.05) is 0 Å². The Balaban J connectivity index is 2.23. The molecule has 0 unspecified atom stereocenters. The van der Waals surface area contributed by atoms with Gasteiger partial charge < -0.3 is 4.74 Å². The van der Waals surface area contributed by atoms with Crippen LogP contribution in [0.2, 0.25) is 0 Å². The molecule has 0 amide bonds. The van der Waals surface area contributed by atoms with Crippen molar-refractivity contribution in [2.75, 3.05) is 6.61 Å². The number of benzene rings is 1. The molecular weight excluding hydrogens is 191 g/mol. The van der Waals surface area contributed by atoms with Gasteiger partial charge in [0.15, 0.2) is 11.6 Å². The summed E-state index contributed by atoms with van der Waals surface area (Å²) in [6.07, 6.45) is 7.29. The van der Waals surface area contributed by atoms with Gasteiger partial charge in [-0.05, 0) is 25.0 Å². The fourth-order valence-electron chi connectivity index (χ4n) is 1.20. The van der Waals surface area contributed by atoms with Crippen LogP contribution in [0.1, 0.15) is 26.2 Å². The van der Waals surface area contributed by atoms with Crippen molar-refractivity contribution in [2.24, 2.45) is 0 Å². The Morgan fingerprint density at radius 1 is 1.20 bits per heavy atom. The van der Waals surface area contributed by atoms with E-state index in [1.54, 1.807) is 18.2 Å².